The molecule has 1 aromatic heterocycles. The molecule has 0 saturated heterocycles. The van der Waals surface area contributed by atoms with Gasteiger partial charge in [-0.25, -0.2) is 4.39 Å². The average Bonchev–Trinajstić information content (AvgIpc) is 2.57. The van der Waals surface area contributed by atoms with Crippen molar-refractivity contribution in [3.63, 3.8) is 0 Å². The highest BCUT2D eigenvalue weighted by atomic mass is 19.1. The molecule has 14 heavy (non-hydrogen) atoms. The Morgan fingerprint density at radius 3 is 2.93 bits per heavy atom. The maximum absolute atomic E-state index is 13.3. The second kappa shape index (κ2) is 3.42. The smallest absolute Gasteiger partial charge is 0.126 e. The first-order valence-electron chi connectivity index (χ1n) is 4.69. The molecule has 0 atom stereocenters. The third-order valence-electron chi connectivity index (χ3n) is 2.54. The van der Waals surface area contributed by atoms with E-state index in [0.29, 0.717) is 12.1 Å². The second-order valence-corrected chi connectivity index (χ2v) is 3.45. The van der Waals surface area contributed by atoms with E-state index >= 15 is 0 Å². The normalized spacial score (nSPS) is 11.1. The summed E-state index contributed by atoms with van der Waals surface area (Å²) in [7, 11) is 0. The van der Waals surface area contributed by atoms with Gasteiger partial charge in [0.1, 0.15) is 5.82 Å². The predicted molar refractivity (Wildman–Crippen MR) is 55.8 cm³/mol. The van der Waals surface area contributed by atoms with Crippen molar-refractivity contribution in [3.05, 3.63) is 35.3 Å². The molecule has 1 aromatic carbocycles. The van der Waals surface area contributed by atoms with E-state index in [4.69, 9.17) is 5.73 Å². The van der Waals surface area contributed by atoms with Gasteiger partial charge in [-0.2, -0.15) is 0 Å². The maximum atomic E-state index is 13.3. The van der Waals surface area contributed by atoms with E-state index in [2.05, 4.69) is 4.98 Å². The molecule has 0 unspecified atom stereocenters. The van der Waals surface area contributed by atoms with Crippen molar-refractivity contribution in [1.29, 1.82) is 0 Å². The highest BCUT2D eigenvalue weighted by Crippen LogP contribution is 2.24. The van der Waals surface area contributed by atoms with Crippen molar-refractivity contribution in [1.82, 2.24) is 4.98 Å². The molecule has 2 nitrogen and oxygen atoms in total. The van der Waals surface area contributed by atoms with E-state index in [1.807, 2.05) is 6.20 Å². The zero-order valence-electron chi connectivity index (χ0n) is 8.10. The van der Waals surface area contributed by atoms with Gasteiger partial charge < -0.3 is 10.7 Å². The molecule has 0 aliphatic rings. The van der Waals surface area contributed by atoms with Gasteiger partial charge in [0.05, 0.1) is 0 Å². The van der Waals surface area contributed by atoms with E-state index in [1.165, 1.54) is 6.07 Å². The molecule has 0 fully saturated rings. The molecule has 3 heteroatoms. The Hall–Kier alpha value is -1.35. The minimum atomic E-state index is -0.157. The summed E-state index contributed by atoms with van der Waals surface area (Å²) in [6, 6.07) is 3.25. The number of halogens is 1. The van der Waals surface area contributed by atoms with Crippen LogP contribution in [0.5, 0.6) is 0 Å². The van der Waals surface area contributed by atoms with Crippen LogP contribution in [0.25, 0.3) is 10.9 Å². The summed E-state index contributed by atoms with van der Waals surface area (Å²) in [5.74, 6) is -0.157. The van der Waals surface area contributed by atoms with Crippen LogP contribution in [0, 0.1) is 12.7 Å². The number of aromatic amines is 1. The van der Waals surface area contributed by atoms with Crippen molar-refractivity contribution in [3.8, 4) is 0 Å². The number of rotatable bonds is 2. The standard InChI is InChI=1S/C11H13FN2/c1-7-9(12)2-3-10-11(7)8(4-5-13)6-14-10/h2-3,6,14H,4-5,13H2,1H3. The minimum absolute atomic E-state index is 0.157. The summed E-state index contributed by atoms with van der Waals surface area (Å²) in [6.45, 7) is 2.38. The molecule has 0 bridgehead atoms. The number of H-pyrrole nitrogens is 1. The molecule has 0 aliphatic heterocycles. The van der Waals surface area contributed by atoms with Gasteiger partial charge in [-0.1, -0.05) is 0 Å². The van der Waals surface area contributed by atoms with Crippen molar-refractivity contribution < 1.29 is 4.39 Å². The molecule has 0 spiro atoms. The monoisotopic (exact) mass is 192 g/mol. The highest BCUT2D eigenvalue weighted by Gasteiger charge is 2.08. The lowest BCUT2D eigenvalue weighted by Gasteiger charge is -2.01. The lowest BCUT2D eigenvalue weighted by Crippen LogP contribution is -2.02. The van der Waals surface area contributed by atoms with Gasteiger partial charge in [0.25, 0.3) is 0 Å². The average molecular weight is 192 g/mol. The Morgan fingerprint density at radius 1 is 1.43 bits per heavy atom. The molecular weight excluding hydrogens is 179 g/mol. The van der Waals surface area contributed by atoms with E-state index in [9.17, 15) is 4.39 Å². The minimum Gasteiger partial charge on any atom is -0.361 e. The topological polar surface area (TPSA) is 41.8 Å². The van der Waals surface area contributed by atoms with Gasteiger partial charge in [-0.05, 0) is 43.1 Å². The molecule has 0 radical (unpaired) electrons. The van der Waals surface area contributed by atoms with Crippen LogP contribution in [-0.4, -0.2) is 11.5 Å². The first kappa shape index (κ1) is 9.21. The fourth-order valence-electron chi connectivity index (χ4n) is 1.81. The van der Waals surface area contributed by atoms with Crippen molar-refractivity contribution >= 4 is 10.9 Å². The zero-order chi connectivity index (χ0) is 10.1. The van der Waals surface area contributed by atoms with Crippen molar-refractivity contribution in [2.24, 2.45) is 5.73 Å². The molecule has 0 aliphatic carbocycles. The Kier molecular flexibility index (Phi) is 2.25. The van der Waals surface area contributed by atoms with Crippen LogP contribution >= 0.6 is 0 Å². The molecule has 74 valence electrons. The van der Waals surface area contributed by atoms with Crippen LogP contribution in [0.15, 0.2) is 18.3 Å². The van der Waals surface area contributed by atoms with Gasteiger partial charge in [-0.15, -0.1) is 0 Å². The first-order valence-corrected chi connectivity index (χ1v) is 4.69. The van der Waals surface area contributed by atoms with Crippen molar-refractivity contribution in [2.45, 2.75) is 13.3 Å². The summed E-state index contributed by atoms with van der Waals surface area (Å²) >= 11 is 0. The van der Waals surface area contributed by atoms with Crippen molar-refractivity contribution in [2.75, 3.05) is 6.54 Å². The number of nitrogens with one attached hydrogen (secondary N) is 1. The predicted octanol–water partition coefficient (Wildman–Crippen LogP) is 2.12. The molecule has 3 N–H and O–H groups in total. The quantitative estimate of drug-likeness (QED) is 0.751. The fraction of sp³-hybridized carbons (Fsp3) is 0.273. The van der Waals surface area contributed by atoms with Crippen LogP contribution in [0.2, 0.25) is 0 Å². The Morgan fingerprint density at radius 2 is 2.21 bits per heavy atom. The fourth-order valence-corrected chi connectivity index (χ4v) is 1.81. The van der Waals surface area contributed by atoms with E-state index < -0.39 is 0 Å². The van der Waals surface area contributed by atoms with Gasteiger partial charge in [0, 0.05) is 17.1 Å². The summed E-state index contributed by atoms with van der Waals surface area (Å²) in [6.07, 6.45) is 2.69. The third kappa shape index (κ3) is 1.30. The highest BCUT2D eigenvalue weighted by molar-refractivity contribution is 5.86. The molecule has 0 amide bonds. The van der Waals surface area contributed by atoms with Crippen LogP contribution in [0.4, 0.5) is 4.39 Å². The number of nitrogens with two attached hydrogens (primary N) is 1. The van der Waals surface area contributed by atoms with Crippen LogP contribution in [0.1, 0.15) is 11.1 Å². The van der Waals surface area contributed by atoms with Crippen LogP contribution < -0.4 is 5.73 Å². The Bertz CT molecular complexity index is 460. The zero-order valence-corrected chi connectivity index (χ0v) is 8.10. The molecule has 1 heterocycles. The largest absolute Gasteiger partial charge is 0.361 e. The Labute approximate surface area is 81.9 Å². The summed E-state index contributed by atoms with van der Waals surface area (Å²) in [5, 5.41) is 0.982. The lowest BCUT2D eigenvalue weighted by molar-refractivity contribution is 0.621. The summed E-state index contributed by atoms with van der Waals surface area (Å²) in [4.78, 5) is 3.12. The number of benzene rings is 1. The van der Waals surface area contributed by atoms with E-state index in [-0.39, 0.29) is 5.82 Å². The number of hydrogen-bond donors (Lipinski definition) is 2. The third-order valence-corrected chi connectivity index (χ3v) is 2.54. The lowest BCUT2D eigenvalue weighted by atomic mass is 10.1. The molecule has 2 rings (SSSR count). The maximum Gasteiger partial charge on any atom is 0.126 e. The van der Waals surface area contributed by atoms with Gasteiger partial charge in [-0.3, -0.25) is 0 Å². The SMILES string of the molecule is Cc1c(F)ccc2[nH]cc(CCN)c12. The molecular formula is C11H13FN2. The van der Waals surface area contributed by atoms with E-state index in [0.717, 1.165) is 22.9 Å². The van der Waals surface area contributed by atoms with Gasteiger partial charge in [0.2, 0.25) is 0 Å². The summed E-state index contributed by atoms with van der Waals surface area (Å²) < 4.78 is 13.3. The first-order chi connectivity index (χ1) is 6.74. The van der Waals surface area contributed by atoms with Gasteiger partial charge in [0.15, 0.2) is 0 Å². The van der Waals surface area contributed by atoms with Crippen LogP contribution in [-0.2, 0) is 6.42 Å². The number of hydrogen-bond acceptors (Lipinski definition) is 1. The number of aryl methyl sites for hydroxylation is 1. The summed E-state index contributed by atoms with van der Waals surface area (Å²) in [5.41, 5.74) is 8.27. The van der Waals surface area contributed by atoms with E-state index in [1.54, 1.807) is 13.0 Å². The number of aromatic nitrogens is 1. The molecule has 2 aromatic rings. The second-order valence-electron chi connectivity index (χ2n) is 3.45. The molecule has 0 saturated carbocycles. The Balaban J connectivity index is 2.69. The van der Waals surface area contributed by atoms with Gasteiger partial charge >= 0.3 is 0 Å². The van der Waals surface area contributed by atoms with Crippen LogP contribution in [0.3, 0.4) is 0 Å². The number of fused-ring (bicyclic) bond motifs is 1.